The lowest BCUT2D eigenvalue weighted by atomic mass is 10.1. The molecule has 0 radical (unpaired) electrons. The zero-order chi connectivity index (χ0) is 20.6. The van der Waals surface area contributed by atoms with Crippen LogP contribution in [0.15, 0.2) is 47.4 Å². The number of aryl methyl sites for hydroxylation is 2. The first-order chi connectivity index (χ1) is 13.9. The Kier molecular flexibility index (Phi) is 5.36. The highest BCUT2D eigenvalue weighted by molar-refractivity contribution is 7.89. The number of carbonyl (C=O) groups excluding carboxylic acids is 1. The van der Waals surface area contributed by atoms with Crippen LogP contribution in [0.1, 0.15) is 27.9 Å². The standard InChI is InChI=1S/C22H27N3O3S/c1-23(2)20-9-6-18(7-10-20)22(26)24-12-14-25(15-13-24)29(27,28)21-11-8-17-4-3-5-19(17)16-21/h6-11,16H,3-5,12-15H2,1-2H3. The van der Waals surface area contributed by atoms with E-state index in [9.17, 15) is 13.2 Å². The second-order valence-electron chi connectivity index (χ2n) is 7.92. The summed E-state index contributed by atoms with van der Waals surface area (Å²) in [6.45, 7) is 1.44. The number of sulfonamides is 1. The van der Waals surface area contributed by atoms with Crippen LogP contribution in [0.25, 0.3) is 0 Å². The molecule has 1 aliphatic carbocycles. The van der Waals surface area contributed by atoms with Crippen LogP contribution in [-0.2, 0) is 22.9 Å². The molecular formula is C22H27N3O3S. The van der Waals surface area contributed by atoms with Crippen molar-refractivity contribution >= 4 is 21.6 Å². The summed E-state index contributed by atoms with van der Waals surface area (Å²) in [6, 6.07) is 13.0. The lowest BCUT2D eigenvalue weighted by Crippen LogP contribution is -2.50. The van der Waals surface area contributed by atoms with Crippen LogP contribution in [0.2, 0.25) is 0 Å². The zero-order valence-electron chi connectivity index (χ0n) is 17.0. The van der Waals surface area contributed by atoms with Gasteiger partial charge in [0.15, 0.2) is 0 Å². The molecule has 1 fully saturated rings. The van der Waals surface area contributed by atoms with Gasteiger partial charge in [-0.2, -0.15) is 4.31 Å². The molecular weight excluding hydrogens is 386 g/mol. The maximum absolute atomic E-state index is 13.1. The summed E-state index contributed by atoms with van der Waals surface area (Å²) < 4.78 is 27.6. The van der Waals surface area contributed by atoms with Crippen molar-refractivity contribution in [1.82, 2.24) is 9.21 Å². The van der Waals surface area contributed by atoms with Crippen molar-refractivity contribution < 1.29 is 13.2 Å². The summed E-state index contributed by atoms with van der Waals surface area (Å²) >= 11 is 0. The summed E-state index contributed by atoms with van der Waals surface area (Å²) in [4.78, 5) is 16.9. The third-order valence-corrected chi connectivity index (χ3v) is 7.76. The number of hydrogen-bond acceptors (Lipinski definition) is 4. The van der Waals surface area contributed by atoms with Crippen LogP contribution in [-0.4, -0.2) is 63.8 Å². The fourth-order valence-corrected chi connectivity index (χ4v) is 5.55. The van der Waals surface area contributed by atoms with E-state index in [0.29, 0.717) is 36.6 Å². The highest BCUT2D eigenvalue weighted by atomic mass is 32.2. The Morgan fingerprint density at radius 3 is 2.21 bits per heavy atom. The van der Waals surface area contributed by atoms with Gasteiger partial charge in [0.2, 0.25) is 10.0 Å². The van der Waals surface area contributed by atoms with Crippen LogP contribution in [0, 0.1) is 0 Å². The summed E-state index contributed by atoms with van der Waals surface area (Å²) in [7, 11) is 0.389. The molecule has 2 aromatic carbocycles. The molecule has 4 rings (SSSR count). The SMILES string of the molecule is CN(C)c1ccc(C(=O)N2CCN(S(=O)(=O)c3ccc4c(c3)CCC4)CC2)cc1. The Balaban J connectivity index is 1.42. The molecule has 0 saturated carbocycles. The van der Waals surface area contributed by atoms with Gasteiger partial charge >= 0.3 is 0 Å². The van der Waals surface area contributed by atoms with E-state index in [1.165, 1.54) is 9.87 Å². The van der Waals surface area contributed by atoms with Gasteiger partial charge in [-0.05, 0) is 66.8 Å². The van der Waals surface area contributed by atoms with Crippen molar-refractivity contribution in [2.45, 2.75) is 24.2 Å². The molecule has 0 aromatic heterocycles. The molecule has 29 heavy (non-hydrogen) atoms. The Bertz CT molecular complexity index is 1010. The summed E-state index contributed by atoms with van der Waals surface area (Å²) in [5, 5.41) is 0. The predicted molar refractivity (Wildman–Crippen MR) is 114 cm³/mol. The minimum Gasteiger partial charge on any atom is -0.378 e. The van der Waals surface area contributed by atoms with Gasteiger partial charge in [-0.3, -0.25) is 4.79 Å². The highest BCUT2D eigenvalue weighted by Gasteiger charge is 2.31. The topological polar surface area (TPSA) is 60.9 Å². The van der Waals surface area contributed by atoms with Crippen LogP contribution < -0.4 is 4.90 Å². The number of hydrogen-bond donors (Lipinski definition) is 0. The number of rotatable bonds is 4. The number of fused-ring (bicyclic) bond motifs is 1. The molecule has 0 spiro atoms. The van der Waals surface area contributed by atoms with E-state index in [0.717, 1.165) is 30.5 Å². The van der Waals surface area contributed by atoms with Gasteiger partial charge in [-0.15, -0.1) is 0 Å². The molecule has 0 atom stereocenters. The lowest BCUT2D eigenvalue weighted by Gasteiger charge is -2.34. The molecule has 1 aliphatic heterocycles. The van der Waals surface area contributed by atoms with Crippen LogP contribution in [0.4, 0.5) is 5.69 Å². The largest absolute Gasteiger partial charge is 0.378 e. The summed E-state index contributed by atoms with van der Waals surface area (Å²) in [6.07, 6.45) is 3.08. The number of piperazine rings is 1. The Morgan fingerprint density at radius 1 is 0.897 bits per heavy atom. The van der Waals surface area contributed by atoms with Crippen molar-refractivity contribution in [1.29, 1.82) is 0 Å². The molecule has 2 aromatic rings. The van der Waals surface area contributed by atoms with Crippen molar-refractivity contribution in [3.63, 3.8) is 0 Å². The Labute approximate surface area is 172 Å². The second-order valence-corrected chi connectivity index (χ2v) is 9.86. The minimum absolute atomic E-state index is 0.0510. The molecule has 6 nitrogen and oxygen atoms in total. The predicted octanol–water partition coefficient (Wildman–Crippen LogP) is 2.39. The van der Waals surface area contributed by atoms with Crippen LogP contribution in [0.5, 0.6) is 0 Å². The quantitative estimate of drug-likeness (QED) is 0.772. The fraction of sp³-hybridized carbons (Fsp3) is 0.409. The van der Waals surface area contributed by atoms with Crippen LogP contribution >= 0.6 is 0 Å². The highest BCUT2D eigenvalue weighted by Crippen LogP contribution is 2.27. The van der Waals surface area contributed by atoms with E-state index in [1.54, 1.807) is 11.0 Å². The third-order valence-electron chi connectivity index (χ3n) is 5.86. The molecule has 154 valence electrons. The number of anilines is 1. The van der Waals surface area contributed by atoms with Gasteiger partial charge in [0, 0.05) is 51.5 Å². The molecule has 0 unspecified atom stereocenters. The van der Waals surface area contributed by atoms with E-state index in [-0.39, 0.29) is 5.91 Å². The second kappa shape index (κ2) is 7.80. The fourth-order valence-electron chi connectivity index (χ4n) is 4.07. The normalized spacial score (nSPS) is 17.2. The molecule has 0 bridgehead atoms. The van der Waals surface area contributed by atoms with E-state index in [1.807, 2.05) is 55.4 Å². The molecule has 1 amide bonds. The lowest BCUT2D eigenvalue weighted by molar-refractivity contribution is 0.0698. The van der Waals surface area contributed by atoms with Crippen molar-refractivity contribution in [2.24, 2.45) is 0 Å². The number of benzene rings is 2. The maximum atomic E-state index is 13.1. The minimum atomic E-state index is -3.52. The monoisotopic (exact) mass is 413 g/mol. The van der Waals surface area contributed by atoms with Gasteiger partial charge < -0.3 is 9.80 Å². The van der Waals surface area contributed by atoms with Gasteiger partial charge in [-0.1, -0.05) is 6.07 Å². The molecule has 2 aliphatic rings. The first-order valence-corrected chi connectivity index (χ1v) is 11.5. The van der Waals surface area contributed by atoms with E-state index in [4.69, 9.17) is 0 Å². The maximum Gasteiger partial charge on any atom is 0.253 e. The van der Waals surface area contributed by atoms with E-state index < -0.39 is 10.0 Å². The Morgan fingerprint density at radius 2 is 1.55 bits per heavy atom. The summed E-state index contributed by atoms with van der Waals surface area (Å²) in [5.74, 6) is -0.0510. The van der Waals surface area contributed by atoms with Gasteiger partial charge in [0.25, 0.3) is 5.91 Å². The molecule has 1 saturated heterocycles. The van der Waals surface area contributed by atoms with Crippen molar-refractivity contribution in [3.8, 4) is 0 Å². The smallest absolute Gasteiger partial charge is 0.253 e. The van der Waals surface area contributed by atoms with Crippen molar-refractivity contribution in [3.05, 3.63) is 59.2 Å². The first-order valence-electron chi connectivity index (χ1n) is 10.0. The average molecular weight is 414 g/mol. The zero-order valence-corrected chi connectivity index (χ0v) is 17.8. The number of amides is 1. The Hall–Kier alpha value is -2.38. The molecule has 7 heteroatoms. The number of nitrogens with zero attached hydrogens (tertiary/aromatic N) is 3. The van der Waals surface area contributed by atoms with E-state index >= 15 is 0 Å². The molecule has 0 N–H and O–H groups in total. The third kappa shape index (κ3) is 3.89. The number of carbonyl (C=O) groups is 1. The average Bonchev–Trinajstić information content (AvgIpc) is 3.21. The van der Waals surface area contributed by atoms with Crippen molar-refractivity contribution in [2.75, 3.05) is 45.2 Å². The van der Waals surface area contributed by atoms with Gasteiger partial charge in [-0.25, -0.2) is 8.42 Å². The van der Waals surface area contributed by atoms with Gasteiger partial charge in [0.05, 0.1) is 4.90 Å². The van der Waals surface area contributed by atoms with Crippen LogP contribution in [0.3, 0.4) is 0 Å². The van der Waals surface area contributed by atoms with Gasteiger partial charge in [0.1, 0.15) is 0 Å². The first kappa shape index (κ1) is 19.9. The molecule has 1 heterocycles. The summed E-state index contributed by atoms with van der Waals surface area (Å²) in [5.41, 5.74) is 4.08. The van der Waals surface area contributed by atoms with E-state index in [2.05, 4.69) is 0 Å².